The Kier molecular flexibility index (Phi) is 4.35. The van der Waals surface area contributed by atoms with Crippen LogP contribution < -0.4 is 5.73 Å². The molecule has 15 heavy (non-hydrogen) atoms. The van der Waals surface area contributed by atoms with Crippen molar-refractivity contribution in [3.63, 3.8) is 0 Å². The zero-order valence-corrected chi connectivity index (χ0v) is 10.5. The van der Waals surface area contributed by atoms with Crippen molar-refractivity contribution >= 4 is 11.8 Å². The molecule has 1 aliphatic heterocycles. The summed E-state index contributed by atoms with van der Waals surface area (Å²) in [4.78, 5) is 2.60. The zero-order valence-electron chi connectivity index (χ0n) is 9.71. The average Bonchev–Trinajstić information content (AvgIpc) is 2.47. The fraction of sp³-hybridized carbons (Fsp3) is 1.00. The molecule has 0 aromatic carbocycles. The van der Waals surface area contributed by atoms with Gasteiger partial charge in [-0.1, -0.05) is 19.3 Å². The first-order valence-corrected chi connectivity index (χ1v) is 7.53. The van der Waals surface area contributed by atoms with Crippen LogP contribution in [0.2, 0.25) is 0 Å². The molecule has 88 valence electrons. The minimum Gasteiger partial charge on any atom is -0.324 e. The summed E-state index contributed by atoms with van der Waals surface area (Å²) < 4.78 is 0. The Labute approximate surface area is 98.0 Å². The van der Waals surface area contributed by atoms with Crippen LogP contribution in [0.3, 0.4) is 0 Å². The summed E-state index contributed by atoms with van der Waals surface area (Å²) in [5.74, 6) is 2.64. The maximum absolute atomic E-state index is 6.49. The van der Waals surface area contributed by atoms with Crippen molar-refractivity contribution in [2.45, 2.75) is 44.1 Å². The quantitative estimate of drug-likeness (QED) is 0.785. The number of hydrogen-bond donors (Lipinski definition) is 1. The van der Waals surface area contributed by atoms with Crippen LogP contribution in [-0.2, 0) is 0 Å². The average molecular weight is 228 g/mol. The van der Waals surface area contributed by atoms with Crippen molar-refractivity contribution in [2.24, 2.45) is 5.73 Å². The second kappa shape index (κ2) is 5.55. The Morgan fingerprint density at radius 2 is 1.80 bits per heavy atom. The van der Waals surface area contributed by atoms with E-state index in [1.54, 1.807) is 0 Å². The molecule has 0 spiro atoms. The molecule has 0 radical (unpaired) electrons. The molecule has 2 rings (SSSR count). The third kappa shape index (κ3) is 3.65. The molecule has 0 unspecified atom stereocenters. The van der Waals surface area contributed by atoms with E-state index in [1.807, 2.05) is 0 Å². The van der Waals surface area contributed by atoms with E-state index in [-0.39, 0.29) is 5.54 Å². The van der Waals surface area contributed by atoms with Crippen molar-refractivity contribution in [2.75, 3.05) is 31.1 Å². The first-order valence-electron chi connectivity index (χ1n) is 6.38. The van der Waals surface area contributed by atoms with E-state index in [0.717, 1.165) is 6.54 Å². The Bertz CT molecular complexity index is 182. The van der Waals surface area contributed by atoms with Crippen molar-refractivity contribution in [3.05, 3.63) is 0 Å². The molecular weight excluding hydrogens is 204 g/mol. The van der Waals surface area contributed by atoms with Crippen LogP contribution in [0.5, 0.6) is 0 Å². The molecule has 3 heteroatoms. The lowest BCUT2D eigenvalue weighted by Gasteiger charge is -2.37. The number of hydrogen-bond acceptors (Lipinski definition) is 3. The highest BCUT2D eigenvalue weighted by atomic mass is 32.2. The van der Waals surface area contributed by atoms with Crippen molar-refractivity contribution in [3.8, 4) is 0 Å². The Morgan fingerprint density at radius 1 is 1.00 bits per heavy atom. The van der Waals surface area contributed by atoms with Gasteiger partial charge >= 0.3 is 0 Å². The topological polar surface area (TPSA) is 29.3 Å². The van der Waals surface area contributed by atoms with E-state index >= 15 is 0 Å². The third-order valence-electron chi connectivity index (χ3n) is 3.70. The van der Waals surface area contributed by atoms with Gasteiger partial charge in [0.15, 0.2) is 0 Å². The van der Waals surface area contributed by atoms with Crippen LogP contribution in [0.15, 0.2) is 0 Å². The summed E-state index contributed by atoms with van der Waals surface area (Å²) >= 11 is 2.10. The molecule has 2 aliphatic rings. The first-order chi connectivity index (χ1) is 7.29. The minimum absolute atomic E-state index is 0.146. The molecule has 1 saturated carbocycles. The molecular formula is C12H24N2S. The van der Waals surface area contributed by atoms with Gasteiger partial charge in [0.05, 0.1) is 0 Å². The van der Waals surface area contributed by atoms with Gasteiger partial charge in [0, 0.05) is 24.4 Å². The van der Waals surface area contributed by atoms with Crippen molar-refractivity contribution < 1.29 is 0 Å². The molecule has 0 bridgehead atoms. The standard InChI is InChI=1S/C12H24N2S/c13-12(5-2-1-3-6-12)11-14-7-4-9-15-10-8-14/h1-11,13H2. The number of nitrogens with zero attached hydrogens (tertiary/aromatic N) is 1. The van der Waals surface area contributed by atoms with Crippen LogP contribution >= 0.6 is 11.8 Å². The van der Waals surface area contributed by atoms with Crippen LogP contribution in [0.25, 0.3) is 0 Å². The smallest absolute Gasteiger partial charge is 0.0283 e. The lowest BCUT2D eigenvalue weighted by molar-refractivity contribution is 0.181. The van der Waals surface area contributed by atoms with Crippen LogP contribution in [0.1, 0.15) is 38.5 Å². The largest absolute Gasteiger partial charge is 0.324 e. The van der Waals surface area contributed by atoms with Gasteiger partial charge in [-0.15, -0.1) is 0 Å². The molecule has 0 amide bonds. The van der Waals surface area contributed by atoms with Crippen LogP contribution in [0.4, 0.5) is 0 Å². The fourth-order valence-electron chi connectivity index (χ4n) is 2.82. The molecule has 1 heterocycles. The van der Waals surface area contributed by atoms with Crippen LogP contribution in [0, 0.1) is 0 Å². The lowest BCUT2D eigenvalue weighted by atomic mass is 9.82. The summed E-state index contributed by atoms with van der Waals surface area (Å²) in [5.41, 5.74) is 6.64. The van der Waals surface area contributed by atoms with E-state index in [9.17, 15) is 0 Å². The maximum atomic E-state index is 6.49. The summed E-state index contributed by atoms with van der Waals surface area (Å²) in [6.07, 6.45) is 7.93. The minimum atomic E-state index is 0.146. The first kappa shape index (κ1) is 11.7. The highest BCUT2D eigenvalue weighted by Crippen LogP contribution is 2.27. The van der Waals surface area contributed by atoms with E-state index < -0.39 is 0 Å². The molecule has 2 fully saturated rings. The highest BCUT2D eigenvalue weighted by molar-refractivity contribution is 7.99. The van der Waals surface area contributed by atoms with Gasteiger partial charge in [0.25, 0.3) is 0 Å². The third-order valence-corrected chi connectivity index (χ3v) is 4.75. The van der Waals surface area contributed by atoms with E-state index in [1.165, 1.54) is 63.1 Å². The Hall–Kier alpha value is 0.270. The number of thioether (sulfide) groups is 1. The molecule has 0 atom stereocenters. The normalized spacial score (nSPS) is 28.6. The summed E-state index contributed by atoms with van der Waals surface area (Å²) in [6, 6.07) is 0. The van der Waals surface area contributed by atoms with Gasteiger partial charge in [-0.2, -0.15) is 11.8 Å². The molecule has 0 aromatic heterocycles. The molecule has 2 N–H and O–H groups in total. The van der Waals surface area contributed by atoms with Crippen LogP contribution in [-0.4, -0.2) is 41.6 Å². The fourth-order valence-corrected chi connectivity index (χ4v) is 3.74. The number of nitrogens with two attached hydrogens (primary N) is 1. The van der Waals surface area contributed by atoms with Gasteiger partial charge in [0.2, 0.25) is 0 Å². The number of rotatable bonds is 2. The lowest BCUT2D eigenvalue weighted by Crippen LogP contribution is -2.51. The second-order valence-electron chi connectivity index (χ2n) is 5.17. The molecule has 1 saturated heterocycles. The Balaban J connectivity index is 1.82. The molecule has 2 nitrogen and oxygen atoms in total. The van der Waals surface area contributed by atoms with Crippen molar-refractivity contribution in [1.82, 2.24) is 4.90 Å². The van der Waals surface area contributed by atoms with E-state index in [2.05, 4.69) is 16.7 Å². The van der Waals surface area contributed by atoms with E-state index in [4.69, 9.17) is 5.73 Å². The highest BCUT2D eigenvalue weighted by Gasteiger charge is 2.29. The van der Waals surface area contributed by atoms with Gasteiger partial charge in [-0.25, -0.2) is 0 Å². The van der Waals surface area contributed by atoms with Gasteiger partial charge in [-0.05, 0) is 31.6 Å². The summed E-state index contributed by atoms with van der Waals surface area (Å²) in [6.45, 7) is 3.67. The predicted octanol–water partition coefficient (Wildman–Crippen LogP) is 2.09. The molecule has 0 aromatic rings. The van der Waals surface area contributed by atoms with Gasteiger partial charge < -0.3 is 10.6 Å². The summed E-state index contributed by atoms with van der Waals surface area (Å²) in [5, 5.41) is 0. The monoisotopic (exact) mass is 228 g/mol. The van der Waals surface area contributed by atoms with Gasteiger partial charge in [0.1, 0.15) is 0 Å². The summed E-state index contributed by atoms with van der Waals surface area (Å²) in [7, 11) is 0. The van der Waals surface area contributed by atoms with Gasteiger partial charge in [-0.3, -0.25) is 0 Å². The second-order valence-corrected chi connectivity index (χ2v) is 6.39. The van der Waals surface area contributed by atoms with E-state index in [0.29, 0.717) is 0 Å². The Morgan fingerprint density at radius 3 is 2.60 bits per heavy atom. The maximum Gasteiger partial charge on any atom is 0.0283 e. The van der Waals surface area contributed by atoms with Crippen molar-refractivity contribution in [1.29, 1.82) is 0 Å². The molecule has 1 aliphatic carbocycles. The SMILES string of the molecule is NC1(CN2CCCSCC2)CCCCC1. The zero-order chi connectivity index (χ0) is 10.6. The predicted molar refractivity (Wildman–Crippen MR) is 68.4 cm³/mol.